The lowest BCUT2D eigenvalue weighted by atomic mass is 10.1. The maximum absolute atomic E-state index is 13.3. The van der Waals surface area contributed by atoms with Crippen LogP contribution in [0.15, 0.2) is 53.3 Å². The van der Waals surface area contributed by atoms with Crippen molar-refractivity contribution < 1.29 is 29.7 Å². The van der Waals surface area contributed by atoms with Gasteiger partial charge in [0.25, 0.3) is 17.4 Å². The van der Waals surface area contributed by atoms with E-state index in [-0.39, 0.29) is 11.6 Å². The molecule has 0 fully saturated rings. The Labute approximate surface area is 214 Å². The van der Waals surface area contributed by atoms with Crippen molar-refractivity contribution in [1.82, 2.24) is 15.2 Å². The van der Waals surface area contributed by atoms with E-state index >= 15 is 0 Å². The minimum Gasteiger partial charge on any atom is -0.506 e. The maximum atomic E-state index is 13.3. The number of pyridine rings is 1. The first-order valence-electron chi connectivity index (χ1n) is 10.5. The van der Waals surface area contributed by atoms with Gasteiger partial charge in [-0.25, -0.2) is 0 Å². The van der Waals surface area contributed by atoms with Crippen LogP contribution in [0.3, 0.4) is 0 Å². The number of carboxylic acid groups (broad SMARTS) is 1. The molecule has 1 heterocycles. The molecule has 188 valence electrons. The minimum atomic E-state index is -1.39. The smallest absolute Gasteiger partial charge is 0.322 e. The molecule has 3 aromatic rings. The average molecular weight is 534 g/mol. The van der Waals surface area contributed by atoms with Gasteiger partial charge in [0, 0.05) is 10.0 Å². The lowest BCUT2D eigenvalue weighted by Crippen LogP contribution is -2.37. The van der Waals surface area contributed by atoms with Crippen LogP contribution < -0.4 is 16.2 Å². The highest BCUT2D eigenvalue weighted by Crippen LogP contribution is 2.30. The van der Waals surface area contributed by atoms with Crippen LogP contribution in [0.25, 0.3) is 0 Å². The van der Waals surface area contributed by atoms with Gasteiger partial charge in [-0.2, -0.15) is 0 Å². The van der Waals surface area contributed by atoms with Gasteiger partial charge in [0.1, 0.15) is 17.7 Å². The fraction of sp³-hybridized carbons (Fsp3) is 0.167. The Morgan fingerprint density at radius 1 is 0.972 bits per heavy atom. The Balaban J connectivity index is 2.11. The summed E-state index contributed by atoms with van der Waals surface area (Å²) >= 11 is 12.1. The van der Waals surface area contributed by atoms with E-state index in [1.54, 1.807) is 55.5 Å². The predicted molar refractivity (Wildman–Crippen MR) is 132 cm³/mol. The fourth-order valence-electron chi connectivity index (χ4n) is 3.40. The molecule has 0 spiro atoms. The molecule has 0 aliphatic rings. The molecule has 0 saturated carbocycles. The molecule has 2 amide bonds. The summed E-state index contributed by atoms with van der Waals surface area (Å²) in [7, 11) is 0. The molecule has 5 N–H and O–H groups in total. The van der Waals surface area contributed by atoms with Gasteiger partial charge in [0.15, 0.2) is 5.75 Å². The van der Waals surface area contributed by atoms with Crippen LogP contribution in [0, 0.1) is 0 Å². The number of carboxylic acids is 1. The molecule has 0 aliphatic carbocycles. The Morgan fingerprint density at radius 3 is 2.22 bits per heavy atom. The Kier molecular flexibility index (Phi) is 8.23. The number of nitrogens with zero attached hydrogens (tertiary/aromatic N) is 1. The second-order valence-electron chi connectivity index (χ2n) is 7.73. The Bertz CT molecular complexity index is 1390. The number of nitrogens with one attached hydrogen (secondary N) is 2. The normalized spacial score (nSPS) is 11.5. The molecule has 1 atom stereocenters. The van der Waals surface area contributed by atoms with Crippen molar-refractivity contribution in [3.8, 4) is 11.6 Å². The van der Waals surface area contributed by atoms with Crippen LogP contribution in [0.5, 0.6) is 11.6 Å². The highest BCUT2D eigenvalue weighted by Gasteiger charge is 2.30. The summed E-state index contributed by atoms with van der Waals surface area (Å²) in [5.74, 6) is -5.69. The third kappa shape index (κ3) is 5.78. The summed E-state index contributed by atoms with van der Waals surface area (Å²) in [5, 5.41) is 35.6. The first-order chi connectivity index (χ1) is 17.0. The molecule has 0 saturated heterocycles. The summed E-state index contributed by atoms with van der Waals surface area (Å²) in [4.78, 5) is 49.9. The lowest BCUT2D eigenvalue weighted by Gasteiger charge is -2.19. The molecule has 10 nitrogen and oxygen atoms in total. The molecule has 1 aromatic heterocycles. The van der Waals surface area contributed by atoms with E-state index in [4.69, 9.17) is 28.3 Å². The summed E-state index contributed by atoms with van der Waals surface area (Å²) in [5.41, 5.74) is -1.74. The number of carbonyl (C=O) groups is 3. The number of hydrogen-bond donors (Lipinski definition) is 5. The monoisotopic (exact) mass is 533 g/mol. The van der Waals surface area contributed by atoms with E-state index in [1.807, 2.05) is 5.32 Å². The summed E-state index contributed by atoms with van der Waals surface area (Å²) in [6.07, 6.45) is 0. The zero-order valence-corrected chi connectivity index (χ0v) is 20.3. The summed E-state index contributed by atoms with van der Waals surface area (Å²) < 4.78 is 0.693. The maximum Gasteiger partial charge on any atom is 0.322 e. The van der Waals surface area contributed by atoms with E-state index in [0.29, 0.717) is 20.7 Å². The molecule has 0 aliphatic heterocycles. The number of aromatic hydroxyl groups is 2. The number of rotatable bonds is 8. The first kappa shape index (κ1) is 26.6. The third-order valence-corrected chi connectivity index (χ3v) is 5.89. The van der Waals surface area contributed by atoms with Gasteiger partial charge in [-0.05, 0) is 36.2 Å². The summed E-state index contributed by atoms with van der Waals surface area (Å²) in [6, 6.07) is 12.3. The quantitative estimate of drug-likeness (QED) is 0.297. The number of aromatic nitrogens is 1. The Hall–Kier alpha value is -4.02. The molecule has 12 heteroatoms. The minimum absolute atomic E-state index is 0.246. The Morgan fingerprint density at radius 2 is 1.61 bits per heavy atom. The second-order valence-corrected chi connectivity index (χ2v) is 8.57. The zero-order valence-electron chi connectivity index (χ0n) is 18.8. The van der Waals surface area contributed by atoms with Gasteiger partial charge in [-0.15, -0.1) is 0 Å². The van der Waals surface area contributed by atoms with Crippen LogP contribution in [-0.2, 0) is 11.3 Å². The number of carbonyl (C=O) groups excluding carboxylic acids is 2. The van der Waals surface area contributed by atoms with Gasteiger partial charge in [-0.1, -0.05) is 53.5 Å². The van der Waals surface area contributed by atoms with E-state index in [9.17, 15) is 29.4 Å². The number of hydrogen-bond acceptors (Lipinski definition) is 6. The van der Waals surface area contributed by atoms with E-state index in [0.717, 1.165) is 0 Å². The molecule has 0 radical (unpaired) electrons. The van der Waals surface area contributed by atoms with Gasteiger partial charge >= 0.3 is 5.97 Å². The van der Waals surface area contributed by atoms with Crippen molar-refractivity contribution in [3.05, 3.63) is 91.2 Å². The fourth-order valence-corrected chi connectivity index (χ4v) is 3.73. The van der Waals surface area contributed by atoms with Crippen LogP contribution >= 0.6 is 23.2 Å². The predicted octanol–water partition coefficient (Wildman–Crippen LogP) is 2.92. The van der Waals surface area contributed by atoms with Crippen LogP contribution in [0.2, 0.25) is 10.0 Å². The largest absolute Gasteiger partial charge is 0.506 e. The molecule has 3 rings (SSSR count). The van der Waals surface area contributed by atoms with Crippen molar-refractivity contribution in [2.45, 2.75) is 19.5 Å². The molecule has 1 unspecified atom stereocenters. The molecule has 36 heavy (non-hydrogen) atoms. The second kappa shape index (κ2) is 11.1. The summed E-state index contributed by atoms with van der Waals surface area (Å²) in [6.45, 7) is 0.439. The van der Waals surface area contributed by atoms with Crippen LogP contribution in [0.4, 0.5) is 0 Å². The average Bonchev–Trinajstić information content (AvgIpc) is 2.82. The van der Waals surface area contributed by atoms with E-state index in [2.05, 4.69) is 5.32 Å². The number of amides is 2. The van der Waals surface area contributed by atoms with Crippen molar-refractivity contribution in [3.63, 3.8) is 0 Å². The number of aliphatic carboxylic acids is 1. The van der Waals surface area contributed by atoms with E-state index < -0.39 is 58.7 Å². The molecular formula is C24H21Cl2N3O7. The SMILES string of the molecule is CC(NC(=O)c1c(O)c(C(=O)NCC(=O)O)c(O)n(Cc2ccccc2Cl)c1=O)c1ccc(Cl)cc1. The topological polar surface area (TPSA) is 158 Å². The molecule has 0 bridgehead atoms. The molecule has 2 aromatic carbocycles. The number of halogens is 2. The highest BCUT2D eigenvalue weighted by molar-refractivity contribution is 6.31. The van der Waals surface area contributed by atoms with Crippen LogP contribution in [0.1, 0.15) is 44.8 Å². The van der Waals surface area contributed by atoms with Gasteiger partial charge < -0.3 is 26.0 Å². The van der Waals surface area contributed by atoms with Crippen LogP contribution in [-0.4, -0.2) is 44.2 Å². The van der Waals surface area contributed by atoms with Gasteiger partial charge in [-0.3, -0.25) is 23.7 Å². The highest BCUT2D eigenvalue weighted by atomic mass is 35.5. The van der Waals surface area contributed by atoms with E-state index in [1.165, 1.54) is 0 Å². The van der Waals surface area contributed by atoms with Crippen molar-refractivity contribution >= 4 is 41.0 Å². The zero-order chi connectivity index (χ0) is 26.6. The third-order valence-electron chi connectivity index (χ3n) is 5.27. The first-order valence-corrected chi connectivity index (χ1v) is 11.2. The molecular weight excluding hydrogens is 513 g/mol. The van der Waals surface area contributed by atoms with Crippen molar-refractivity contribution in [2.24, 2.45) is 0 Å². The van der Waals surface area contributed by atoms with Gasteiger partial charge in [0.05, 0.1) is 12.6 Å². The van der Waals surface area contributed by atoms with Crippen molar-refractivity contribution in [1.29, 1.82) is 0 Å². The van der Waals surface area contributed by atoms with Gasteiger partial charge in [0.2, 0.25) is 5.88 Å². The lowest BCUT2D eigenvalue weighted by molar-refractivity contribution is -0.135. The van der Waals surface area contributed by atoms with Crippen molar-refractivity contribution in [2.75, 3.05) is 6.54 Å². The standard InChI is InChI=1S/C24H21Cl2N3O7/c1-12(13-6-8-15(25)9-7-13)28-22(34)19-20(32)18(21(33)27-10-17(30)31)23(35)29(24(19)36)11-14-4-2-3-5-16(14)26/h2-9,12,32,35H,10-11H2,1H3,(H,27,33)(H,28,34)(H,30,31). The number of benzene rings is 2.